The standard InChI is InChI=1S/C15H17BrN2/c1-10-3-6-15(14(17)7-10)18-9-12-8-13(16)5-4-11(12)2/h3-8,18H,9,17H2,1-2H3. The normalized spacial score (nSPS) is 10.4. The minimum Gasteiger partial charge on any atom is -0.397 e. The Balaban J connectivity index is 2.13. The molecule has 3 heteroatoms. The molecule has 0 fully saturated rings. The molecule has 2 rings (SSSR count). The van der Waals surface area contributed by atoms with E-state index in [4.69, 9.17) is 5.73 Å². The number of anilines is 2. The topological polar surface area (TPSA) is 38.0 Å². The highest BCUT2D eigenvalue weighted by molar-refractivity contribution is 9.10. The molecule has 2 aromatic carbocycles. The number of hydrogen-bond acceptors (Lipinski definition) is 2. The Morgan fingerprint density at radius 2 is 1.89 bits per heavy atom. The summed E-state index contributed by atoms with van der Waals surface area (Å²) in [5, 5.41) is 3.38. The second-order valence-electron chi connectivity index (χ2n) is 4.52. The Labute approximate surface area is 116 Å². The summed E-state index contributed by atoms with van der Waals surface area (Å²) in [6.07, 6.45) is 0. The zero-order valence-corrected chi connectivity index (χ0v) is 12.2. The van der Waals surface area contributed by atoms with Crippen molar-refractivity contribution >= 4 is 27.3 Å². The molecule has 0 amide bonds. The minimum absolute atomic E-state index is 0.776. The van der Waals surface area contributed by atoms with Crippen molar-refractivity contribution in [3.63, 3.8) is 0 Å². The van der Waals surface area contributed by atoms with Crippen LogP contribution in [0.2, 0.25) is 0 Å². The smallest absolute Gasteiger partial charge is 0.0576 e. The van der Waals surface area contributed by atoms with Crippen molar-refractivity contribution in [2.75, 3.05) is 11.1 Å². The maximum Gasteiger partial charge on any atom is 0.0576 e. The van der Waals surface area contributed by atoms with Gasteiger partial charge in [-0.1, -0.05) is 28.1 Å². The van der Waals surface area contributed by atoms with E-state index in [0.717, 1.165) is 22.4 Å². The molecule has 18 heavy (non-hydrogen) atoms. The second kappa shape index (κ2) is 5.44. The van der Waals surface area contributed by atoms with Crippen LogP contribution in [-0.2, 0) is 6.54 Å². The first-order chi connectivity index (χ1) is 8.56. The highest BCUT2D eigenvalue weighted by atomic mass is 79.9. The fourth-order valence-corrected chi connectivity index (χ4v) is 2.27. The zero-order valence-electron chi connectivity index (χ0n) is 10.6. The van der Waals surface area contributed by atoms with Crippen LogP contribution in [0.25, 0.3) is 0 Å². The third-order valence-corrected chi connectivity index (χ3v) is 3.48. The fraction of sp³-hybridized carbons (Fsp3) is 0.200. The number of hydrogen-bond donors (Lipinski definition) is 2. The van der Waals surface area contributed by atoms with Crippen molar-refractivity contribution in [2.24, 2.45) is 0 Å². The van der Waals surface area contributed by atoms with E-state index in [1.165, 1.54) is 16.7 Å². The Bertz CT molecular complexity index is 564. The van der Waals surface area contributed by atoms with E-state index >= 15 is 0 Å². The van der Waals surface area contributed by atoms with Gasteiger partial charge in [0, 0.05) is 11.0 Å². The molecule has 0 saturated heterocycles. The van der Waals surface area contributed by atoms with Crippen LogP contribution in [0.4, 0.5) is 11.4 Å². The molecule has 94 valence electrons. The van der Waals surface area contributed by atoms with E-state index < -0.39 is 0 Å². The van der Waals surface area contributed by atoms with Crippen LogP contribution in [0.15, 0.2) is 40.9 Å². The van der Waals surface area contributed by atoms with Crippen molar-refractivity contribution in [1.82, 2.24) is 0 Å². The van der Waals surface area contributed by atoms with Crippen LogP contribution in [-0.4, -0.2) is 0 Å². The van der Waals surface area contributed by atoms with E-state index in [1.54, 1.807) is 0 Å². The molecule has 0 unspecified atom stereocenters. The SMILES string of the molecule is Cc1ccc(NCc2cc(Br)ccc2C)c(N)c1. The quantitative estimate of drug-likeness (QED) is 0.832. The lowest BCUT2D eigenvalue weighted by Crippen LogP contribution is -2.04. The Morgan fingerprint density at radius 3 is 2.61 bits per heavy atom. The predicted octanol–water partition coefficient (Wildman–Crippen LogP) is 4.26. The Hall–Kier alpha value is -1.48. The zero-order chi connectivity index (χ0) is 13.1. The maximum absolute atomic E-state index is 5.98. The van der Waals surface area contributed by atoms with E-state index in [-0.39, 0.29) is 0 Å². The van der Waals surface area contributed by atoms with Gasteiger partial charge in [0.05, 0.1) is 11.4 Å². The van der Waals surface area contributed by atoms with Gasteiger partial charge in [0.1, 0.15) is 0 Å². The molecule has 0 aliphatic heterocycles. The van der Waals surface area contributed by atoms with E-state index in [0.29, 0.717) is 0 Å². The number of nitrogens with two attached hydrogens (primary N) is 1. The van der Waals surface area contributed by atoms with Crippen molar-refractivity contribution in [2.45, 2.75) is 20.4 Å². The van der Waals surface area contributed by atoms with Crippen molar-refractivity contribution in [3.05, 3.63) is 57.6 Å². The van der Waals surface area contributed by atoms with Crippen LogP contribution >= 0.6 is 15.9 Å². The highest BCUT2D eigenvalue weighted by Crippen LogP contribution is 2.22. The number of aryl methyl sites for hydroxylation is 2. The van der Waals surface area contributed by atoms with Crippen molar-refractivity contribution in [1.29, 1.82) is 0 Å². The molecule has 0 heterocycles. The molecule has 2 aromatic rings. The lowest BCUT2D eigenvalue weighted by molar-refractivity contribution is 1.12. The van der Waals surface area contributed by atoms with Gasteiger partial charge in [0.2, 0.25) is 0 Å². The van der Waals surface area contributed by atoms with E-state index in [2.05, 4.69) is 52.4 Å². The maximum atomic E-state index is 5.98. The van der Waals surface area contributed by atoms with Gasteiger partial charge in [-0.2, -0.15) is 0 Å². The highest BCUT2D eigenvalue weighted by Gasteiger charge is 2.02. The monoisotopic (exact) mass is 304 g/mol. The van der Waals surface area contributed by atoms with Gasteiger partial charge >= 0.3 is 0 Å². The largest absolute Gasteiger partial charge is 0.397 e. The minimum atomic E-state index is 0.776. The predicted molar refractivity (Wildman–Crippen MR) is 81.8 cm³/mol. The first-order valence-electron chi connectivity index (χ1n) is 5.91. The Kier molecular flexibility index (Phi) is 3.92. The molecule has 0 aliphatic carbocycles. The van der Waals surface area contributed by atoms with Gasteiger partial charge in [-0.15, -0.1) is 0 Å². The lowest BCUT2D eigenvalue weighted by atomic mass is 10.1. The lowest BCUT2D eigenvalue weighted by Gasteiger charge is -2.12. The molecule has 0 aromatic heterocycles. The summed E-state index contributed by atoms with van der Waals surface area (Å²) >= 11 is 3.49. The van der Waals surface area contributed by atoms with Crippen LogP contribution in [0.3, 0.4) is 0 Å². The molecule has 0 atom stereocenters. The summed E-state index contributed by atoms with van der Waals surface area (Å²) in [6.45, 7) is 4.93. The molecule has 3 N–H and O–H groups in total. The third kappa shape index (κ3) is 3.05. The third-order valence-electron chi connectivity index (χ3n) is 2.99. The van der Waals surface area contributed by atoms with Gasteiger partial charge in [0.25, 0.3) is 0 Å². The van der Waals surface area contributed by atoms with Crippen molar-refractivity contribution in [3.8, 4) is 0 Å². The van der Waals surface area contributed by atoms with Gasteiger partial charge in [-0.05, 0) is 54.8 Å². The molecule has 0 spiro atoms. The number of halogens is 1. The first-order valence-corrected chi connectivity index (χ1v) is 6.70. The summed E-state index contributed by atoms with van der Waals surface area (Å²) in [5.41, 5.74) is 11.5. The molecule has 0 aliphatic rings. The molecular formula is C15H17BrN2. The molecule has 0 saturated carbocycles. The Morgan fingerprint density at radius 1 is 1.11 bits per heavy atom. The summed E-state index contributed by atoms with van der Waals surface area (Å²) in [7, 11) is 0. The van der Waals surface area contributed by atoms with Gasteiger partial charge in [-0.3, -0.25) is 0 Å². The van der Waals surface area contributed by atoms with Crippen LogP contribution in [0, 0.1) is 13.8 Å². The van der Waals surface area contributed by atoms with E-state index in [9.17, 15) is 0 Å². The molecule has 0 radical (unpaired) electrons. The summed E-state index contributed by atoms with van der Waals surface area (Å²) in [4.78, 5) is 0. The number of nitrogens with one attached hydrogen (secondary N) is 1. The van der Waals surface area contributed by atoms with Crippen molar-refractivity contribution < 1.29 is 0 Å². The first kappa shape index (κ1) is 13.0. The number of benzene rings is 2. The number of nitrogen functional groups attached to an aromatic ring is 1. The van der Waals surface area contributed by atoms with E-state index in [1.807, 2.05) is 19.1 Å². The summed E-state index contributed by atoms with van der Waals surface area (Å²) < 4.78 is 1.10. The van der Waals surface area contributed by atoms with Crippen LogP contribution in [0.5, 0.6) is 0 Å². The number of rotatable bonds is 3. The second-order valence-corrected chi connectivity index (χ2v) is 5.43. The van der Waals surface area contributed by atoms with Gasteiger partial charge < -0.3 is 11.1 Å². The molecular weight excluding hydrogens is 288 g/mol. The summed E-state index contributed by atoms with van der Waals surface area (Å²) in [5.74, 6) is 0. The molecule has 2 nitrogen and oxygen atoms in total. The van der Waals surface area contributed by atoms with Gasteiger partial charge in [-0.25, -0.2) is 0 Å². The average molecular weight is 305 g/mol. The van der Waals surface area contributed by atoms with Gasteiger partial charge in [0.15, 0.2) is 0 Å². The summed E-state index contributed by atoms with van der Waals surface area (Å²) in [6, 6.07) is 12.4. The molecule has 0 bridgehead atoms. The average Bonchev–Trinajstić information content (AvgIpc) is 2.32. The van der Waals surface area contributed by atoms with Crippen LogP contribution < -0.4 is 11.1 Å². The van der Waals surface area contributed by atoms with Crippen LogP contribution in [0.1, 0.15) is 16.7 Å². The fourth-order valence-electron chi connectivity index (χ4n) is 1.86.